The standard InChI is InChI=1S/C13H23N3O2S/c1-11-10-12(6-7-13(11)14)19(17,18)16(4)9-5-8-15(2)3/h6-7,10H,5,8-9,14H2,1-4H3. The maximum Gasteiger partial charge on any atom is 0.242 e. The molecule has 108 valence electrons. The third kappa shape index (κ3) is 4.19. The summed E-state index contributed by atoms with van der Waals surface area (Å²) in [5.41, 5.74) is 7.09. The number of hydrogen-bond acceptors (Lipinski definition) is 4. The van der Waals surface area contributed by atoms with E-state index in [0.29, 0.717) is 17.1 Å². The third-order valence-corrected chi connectivity index (χ3v) is 4.88. The van der Waals surface area contributed by atoms with Crippen LogP contribution in [0, 0.1) is 6.92 Å². The highest BCUT2D eigenvalue weighted by Crippen LogP contribution is 2.19. The fourth-order valence-corrected chi connectivity index (χ4v) is 3.01. The second-order valence-electron chi connectivity index (χ2n) is 5.00. The first kappa shape index (κ1) is 15.9. The van der Waals surface area contributed by atoms with Gasteiger partial charge in [0.15, 0.2) is 0 Å². The molecule has 0 aliphatic rings. The average molecular weight is 285 g/mol. The average Bonchev–Trinajstić information content (AvgIpc) is 2.31. The normalized spacial score (nSPS) is 12.3. The molecule has 0 radical (unpaired) electrons. The molecule has 1 aromatic carbocycles. The molecule has 6 heteroatoms. The van der Waals surface area contributed by atoms with Gasteiger partial charge in [-0.2, -0.15) is 0 Å². The van der Waals surface area contributed by atoms with Crippen LogP contribution in [0.3, 0.4) is 0 Å². The summed E-state index contributed by atoms with van der Waals surface area (Å²) < 4.78 is 26.1. The molecule has 0 amide bonds. The molecule has 0 aliphatic heterocycles. The van der Waals surface area contributed by atoms with Crippen molar-refractivity contribution in [1.82, 2.24) is 9.21 Å². The summed E-state index contributed by atoms with van der Waals surface area (Å²) in [6.45, 7) is 3.17. The van der Waals surface area contributed by atoms with Crippen LogP contribution in [0.1, 0.15) is 12.0 Å². The smallest absolute Gasteiger partial charge is 0.242 e. The van der Waals surface area contributed by atoms with Crippen molar-refractivity contribution >= 4 is 15.7 Å². The maximum absolute atomic E-state index is 12.3. The van der Waals surface area contributed by atoms with E-state index >= 15 is 0 Å². The van der Waals surface area contributed by atoms with Gasteiger partial charge in [0.05, 0.1) is 4.90 Å². The van der Waals surface area contributed by atoms with Crippen LogP contribution >= 0.6 is 0 Å². The Bertz CT molecular complexity index is 527. The zero-order chi connectivity index (χ0) is 14.6. The van der Waals surface area contributed by atoms with Crippen molar-refractivity contribution in [3.8, 4) is 0 Å². The lowest BCUT2D eigenvalue weighted by atomic mass is 10.2. The van der Waals surface area contributed by atoms with E-state index in [9.17, 15) is 8.42 Å². The predicted octanol–water partition coefficient (Wildman–Crippen LogP) is 1.15. The zero-order valence-corrected chi connectivity index (χ0v) is 12.9. The van der Waals surface area contributed by atoms with E-state index < -0.39 is 10.0 Å². The molecule has 2 N–H and O–H groups in total. The van der Waals surface area contributed by atoms with Crippen molar-refractivity contribution in [3.63, 3.8) is 0 Å². The quantitative estimate of drug-likeness (QED) is 0.796. The number of hydrogen-bond donors (Lipinski definition) is 1. The zero-order valence-electron chi connectivity index (χ0n) is 12.0. The first-order valence-electron chi connectivity index (χ1n) is 6.22. The topological polar surface area (TPSA) is 66.6 Å². The van der Waals surface area contributed by atoms with Gasteiger partial charge >= 0.3 is 0 Å². The monoisotopic (exact) mass is 285 g/mol. The third-order valence-electron chi connectivity index (χ3n) is 3.03. The molecule has 0 bridgehead atoms. The molecular formula is C13H23N3O2S. The molecule has 0 aromatic heterocycles. The van der Waals surface area contributed by atoms with Crippen LogP contribution in [0.4, 0.5) is 5.69 Å². The van der Waals surface area contributed by atoms with E-state index in [2.05, 4.69) is 0 Å². The van der Waals surface area contributed by atoms with Crippen molar-refractivity contribution in [2.75, 3.05) is 40.0 Å². The summed E-state index contributed by atoms with van der Waals surface area (Å²) in [7, 11) is 2.13. The molecule has 0 aliphatic carbocycles. The summed E-state index contributed by atoms with van der Waals surface area (Å²) in [5, 5.41) is 0. The summed E-state index contributed by atoms with van der Waals surface area (Å²) in [5.74, 6) is 0. The van der Waals surface area contributed by atoms with Gasteiger partial charge in [0.1, 0.15) is 0 Å². The van der Waals surface area contributed by atoms with Crippen LogP contribution in [0.5, 0.6) is 0 Å². The van der Waals surface area contributed by atoms with Crippen LogP contribution in [-0.4, -0.2) is 51.9 Å². The van der Waals surface area contributed by atoms with E-state index in [1.807, 2.05) is 19.0 Å². The number of nitrogen functional groups attached to an aromatic ring is 1. The Balaban J connectivity index is 2.81. The first-order chi connectivity index (χ1) is 8.75. The Hall–Kier alpha value is -1.11. The molecule has 0 unspecified atom stereocenters. The van der Waals surface area contributed by atoms with Gasteiger partial charge in [0.2, 0.25) is 10.0 Å². The number of sulfonamides is 1. The van der Waals surface area contributed by atoms with Gasteiger partial charge in [0, 0.05) is 19.3 Å². The number of anilines is 1. The van der Waals surface area contributed by atoms with Gasteiger partial charge in [-0.1, -0.05) is 0 Å². The van der Waals surface area contributed by atoms with Crippen molar-refractivity contribution in [2.45, 2.75) is 18.2 Å². The van der Waals surface area contributed by atoms with Crippen LogP contribution in [0.15, 0.2) is 23.1 Å². The van der Waals surface area contributed by atoms with Crippen LogP contribution < -0.4 is 5.73 Å². The van der Waals surface area contributed by atoms with E-state index in [1.165, 1.54) is 4.31 Å². The van der Waals surface area contributed by atoms with Gasteiger partial charge in [0.25, 0.3) is 0 Å². The number of nitrogens with two attached hydrogens (primary N) is 1. The molecule has 0 heterocycles. The van der Waals surface area contributed by atoms with Gasteiger partial charge in [-0.15, -0.1) is 0 Å². The fourth-order valence-electron chi connectivity index (χ4n) is 1.72. The van der Waals surface area contributed by atoms with E-state index in [-0.39, 0.29) is 0 Å². The molecule has 0 atom stereocenters. The molecule has 1 aromatic rings. The van der Waals surface area contributed by atoms with Gasteiger partial charge in [-0.05, 0) is 57.7 Å². The first-order valence-corrected chi connectivity index (χ1v) is 7.66. The predicted molar refractivity (Wildman–Crippen MR) is 78.6 cm³/mol. The van der Waals surface area contributed by atoms with Crippen LogP contribution in [-0.2, 0) is 10.0 Å². The van der Waals surface area contributed by atoms with Gasteiger partial charge in [-0.25, -0.2) is 12.7 Å². The minimum Gasteiger partial charge on any atom is -0.399 e. The highest BCUT2D eigenvalue weighted by atomic mass is 32.2. The van der Waals surface area contributed by atoms with Gasteiger partial charge in [-0.3, -0.25) is 0 Å². The lowest BCUT2D eigenvalue weighted by Crippen LogP contribution is -2.30. The number of benzene rings is 1. The summed E-state index contributed by atoms with van der Waals surface area (Å²) in [6, 6.07) is 4.81. The van der Waals surface area contributed by atoms with Crippen LogP contribution in [0.2, 0.25) is 0 Å². The summed E-state index contributed by atoms with van der Waals surface area (Å²) >= 11 is 0. The minimum atomic E-state index is -3.42. The van der Waals surface area contributed by atoms with E-state index in [0.717, 1.165) is 18.5 Å². The van der Waals surface area contributed by atoms with Gasteiger partial charge < -0.3 is 10.6 Å². The molecule has 1 rings (SSSR count). The fraction of sp³-hybridized carbons (Fsp3) is 0.538. The van der Waals surface area contributed by atoms with Crippen molar-refractivity contribution in [3.05, 3.63) is 23.8 Å². The maximum atomic E-state index is 12.3. The largest absolute Gasteiger partial charge is 0.399 e. The summed E-state index contributed by atoms with van der Waals surface area (Å²) in [4.78, 5) is 2.33. The number of rotatable bonds is 6. The molecule has 19 heavy (non-hydrogen) atoms. The molecule has 0 spiro atoms. The molecule has 0 saturated carbocycles. The summed E-state index contributed by atoms with van der Waals surface area (Å²) in [6.07, 6.45) is 0.802. The Morgan fingerprint density at radius 2 is 1.79 bits per heavy atom. The second kappa shape index (κ2) is 6.36. The van der Waals surface area contributed by atoms with Crippen molar-refractivity contribution in [1.29, 1.82) is 0 Å². The number of aryl methyl sites for hydroxylation is 1. The molecular weight excluding hydrogens is 262 g/mol. The lowest BCUT2D eigenvalue weighted by Gasteiger charge is -2.19. The minimum absolute atomic E-state index is 0.298. The molecule has 0 fully saturated rings. The Morgan fingerprint density at radius 1 is 1.16 bits per heavy atom. The van der Waals surface area contributed by atoms with Crippen molar-refractivity contribution in [2.24, 2.45) is 0 Å². The highest BCUT2D eigenvalue weighted by Gasteiger charge is 2.20. The van der Waals surface area contributed by atoms with Crippen LogP contribution in [0.25, 0.3) is 0 Å². The SMILES string of the molecule is Cc1cc(S(=O)(=O)N(C)CCCN(C)C)ccc1N. The Labute approximate surface area is 116 Å². The van der Waals surface area contributed by atoms with E-state index in [1.54, 1.807) is 32.2 Å². The highest BCUT2D eigenvalue weighted by molar-refractivity contribution is 7.89. The molecule has 0 saturated heterocycles. The Kier molecular flexibility index (Phi) is 5.34. The van der Waals surface area contributed by atoms with E-state index in [4.69, 9.17) is 5.73 Å². The second-order valence-corrected chi connectivity index (χ2v) is 7.05. The lowest BCUT2D eigenvalue weighted by molar-refractivity contribution is 0.370. The molecule has 5 nitrogen and oxygen atoms in total. The number of nitrogens with zero attached hydrogens (tertiary/aromatic N) is 2. The Morgan fingerprint density at radius 3 is 2.32 bits per heavy atom. The van der Waals surface area contributed by atoms with Crippen molar-refractivity contribution < 1.29 is 8.42 Å².